The van der Waals surface area contributed by atoms with Crippen LogP contribution in [0.4, 0.5) is 24.7 Å². The molecule has 3 aromatic rings. The van der Waals surface area contributed by atoms with Crippen LogP contribution >= 0.6 is 0 Å². The molecule has 2 aromatic carbocycles. The fraction of sp³-hybridized carbons (Fsp3) is 0.333. The summed E-state index contributed by atoms with van der Waals surface area (Å²) in [5, 5.41) is 0. The van der Waals surface area contributed by atoms with E-state index in [2.05, 4.69) is 9.97 Å². The van der Waals surface area contributed by atoms with Gasteiger partial charge in [-0.25, -0.2) is 4.98 Å². The molecule has 8 heteroatoms. The van der Waals surface area contributed by atoms with Crippen LogP contribution in [0.5, 0.6) is 11.8 Å². The number of rotatable bonds is 9. The Morgan fingerprint density at radius 1 is 1.00 bits per heavy atom. The maximum absolute atomic E-state index is 13.8. The summed E-state index contributed by atoms with van der Waals surface area (Å²) in [6.45, 7) is 6.72. The number of benzene rings is 2. The summed E-state index contributed by atoms with van der Waals surface area (Å²) in [6.07, 6.45) is -3.85. The van der Waals surface area contributed by atoms with Gasteiger partial charge in [-0.1, -0.05) is 50.2 Å². The second-order valence-corrected chi connectivity index (χ2v) is 7.61. The Bertz CT molecular complexity index is 1010. The Balaban J connectivity index is 1.94. The highest BCUT2D eigenvalue weighted by Crippen LogP contribution is 2.39. The van der Waals surface area contributed by atoms with Gasteiger partial charge in [0.25, 0.3) is 0 Å². The smallest absolute Gasteiger partial charge is 0.421 e. The van der Waals surface area contributed by atoms with E-state index >= 15 is 0 Å². The quantitative estimate of drug-likeness (QED) is 0.389. The van der Waals surface area contributed by atoms with E-state index in [0.717, 1.165) is 11.8 Å². The van der Waals surface area contributed by atoms with Crippen LogP contribution < -0.4 is 14.4 Å². The third-order valence-corrected chi connectivity index (χ3v) is 4.55. The number of hydrogen-bond donors (Lipinski definition) is 0. The SMILES string of the molecule is CCN(c1cccc(OCC(C)C)c1)c1nc(OCc2ccccc2)ncc1C(F)(F)F. The summed E-state index contributed by atoms with van der Waals surface area (Å²) in [5.74, 6) is 0.640. The fourth-order valence-corrected chi connectivity index (χ4v) is 3.01. The highest BCUT2D eigenvalue weighted by Gasteiger charge is 2.37. The van der Waals surface area contributed by atoms with Gasteiger partial charge < -0.3 is 14.4 Å². The number of hydrogen-bond acceptors (Lipinski definition) is 5. The number of ether oxygens (including phenoxy) is 2. The summed E-state index contributed by atoms with van der Waals surface area (Å²) < 4.78 is 52.6. The average molecular weight is 445 g/mol. The summed E-state index contributed by atoms with van der Waals surface area (Å²) in [4.78, 5) is 9.40. The maximum atomic E-state index is 13.8. The summed E-state index contributed by atoms with van der Waals surface area (Å²) >= 11 is 0. The molecule has 0 saturated heterocycles. The highest BCUT2D eigenvalue weighted by atomic mass is 19.4. The van der Waals surface area contributed by atoms with Gasteiger partial charge in [0.1, 0.15) is 17.9 Å². The van der Waals surface area contributed by atoms with Crippen LogP contribution in [0.25, 0.3) is 0 Å². The van der Waals surface area contributed by atoms with Gasteiger partial charge in [0.2, 0.25) is 0 Å². The van der Waals surface area contributed by atoms with E-state index in [0.29, 0.717) is 24.0 Å². The van der Waals surface area contributed by atoms with Crippen molar-refractivity contribution in [3.05, 3.63) is 71.9 Å². The number of halogens is 3. The van der Waals surface area contributed by atoms with E-state index in [1.165, 1.54) is 4.90 Å². The molecule has 0 aliphatic heterocycles. The Hall–Kier alpha value is -3.29. The molecule has 1 aromatic heterocycles. The van der Waals surface area contributed by atoms with Crippen LogP contribution in [-0.2, 0) is 12.8 Å². The first-order chi connectivity index (χ1) is 15.3. The van der Waals surface area contributed by atoms with Crippen molar-refractivity contribution in [3.63, 3.8) is 0 Å². The fourth-order valence-electron chi connectivity index (χ4n) is 3.01. The van der Waals surface area contributed by atoms with Crippen LogP contribution in [0, 0.1) is 5.92 Å². The molecule has 0 spiro atoms. The lowest BCUT2D eigenvalue weighted by atomic mass is 10.2. The van der Waals surface area contributed by atoms with Crippen molar-refractivity contribution >= 4 is 11.5 Å². The number of anilines is 2. The van der Waals surface area contributed by atoms with Gasteiger partial charge in [-0.2, -0.15) is 18.2 Å². The van der Waals surface area contributed by atoms with Gasteiger partial charge in [-0.15, -0.1) is 0 Å². The Morgan fingerprint density at radius 3 is 2.41 bits per heavy atom. The van der Waals surface area contributed by atoms with Gasteiger partial charge in [0.05, 0.1) is 6.61 Å². The normalized spacial score (nSPS) is 11.5. The lowest BCUT2D eigenvalue weighted by molar-refractivity contribution is -0.137. The monoisotopic (exact) mass is 445 g/mol. The van der Waals surface area contributed by atoms with Crippen molar-refractivity contribution in [2.24, 2.45) is 5.92 Å². The first kappa shape index (κ1) is 23.4. The number of aromatic nitrogens is 2. The minimum absolute atomic E-state index is 0.123. The minimum atomic E-state index is -4.62. The Morgan fingerprint density at radius 2 is 1.75 bits per heavy atom. The van der Waals surface area contributed by atoms with Crippen LogP contribution in [0.3, 0.4) is 0 Å². The van der Waals surface area contributed by atoms with E-state index in [9.17, 15) is 13.2 Å². The number of nitrogens with zero attached hydrogens (tertiary/aromatic N) is 3. The molecular weight excluding hydrogens is 419 g/mol. The molecule has 0 saturated carbocycles. The average Bonchev–Trinajstić information content (AvgIpc) is 2.77. The van der Waals surface area contributed by atoms with Gasteiger partial charge in [-0.3, -0.25) is 0 Å². The molecule has 5 nitrogen and oxygen atoms in total. The molecule has 0 N–H and O–H groups in total. The van der Waals surface area contributed by atoms with Crippen molar-refractivity contribution in [1.82, 2.24) is 9.97 Å². The molecule has 0 aliphatic carbocycles. The van der Waals surface area contributed by atoms with E-state index in [-0.39, 0.29) is 25.0 Å². The second kappa shape index (κ2) is 10.3. The van der Waals surface area contributed by atoms with Gasteiger partial charge in [0, 0.05) is 24.5 Å². The van der Waals surface area contributed by atoms with Crippen LogP contribution in [0.2, 0.25) is 0 Å². The third-order valence-electron chi connectivity index (χ3n) is 4.55. The zero-order chi connectivity index (χ0) is 23.1. The van der Waals surface area contributed by atoms with Crippen molar-refractivity contribution in [1.29, 1.82) is 0 Å². The minimum Gasteiger partial charge on any atom is -0.493 e. The predicted octanol–water partition coefficient (Wildman–Crippen LogP) is 6.27. The predicted molar refractivity (Wildman–Crippen MR) is 117 cm³/mol. The zero-order valence-corrected chi connectivity index (χ0v) is 18.3. The standard InChI is InChI=1S/C24H26F3N3O2/c1-4-30(19-11-8-12-20(13-19)31-15-17(2)3)22-21(24(25,26)27)14-28-23(29-22)32-16-18-9-6-5-7-10-18/h5-14,17H,4,15-16H2,1-3H3. The number of alkyl halides is 3. The molecule has 170 valence electrons. The molecule has 32 heavy (non-hydrogen) atoms. The van der Waals surface area contributed by atoms with Crippen LogP contribution in [-0.4, -0.2) is 23.1 Å². The second-order valence-electron chi connectivity index (χ2n) is 7.61. The largest absolute Gasteiger partial charge is 0.493 e. The van der Waals surface area contributed by atoms with Gasteiger partial charge in [0.15, 0.2) is 5.82 Å². The molecule has 0 fully saturated rings. The molecule has 0 amide bonds. The Labute approximate surface area is 185 Å². The maximum Gasteiger partial charge on any atom is 0.421 e. The molecule has 0 bridgehead atoms. The molecule has 1 heterocycles. The van der Waals surface area contributed by atoms with Crippen molar-refractivity contribution in [3.8, 4) is 11.8 Å². The van der Waals surface area contributed by atoms with E-state index in [1.54, 1.807) is 31.2 Å². The first-order valence-electron chi connectivity index (χ1n) is 10.4. The van der Waals surface area contributed by atoms with E-state index < -0.39 is 11.7 Å². The molecule has 0 atom stereocenters. The lowest BCUT2D eigenvalue weighted by Crippen LogP contribution is -2.23. The third kappa shape index (κ3) is 6.12. The first-order valence-corrected chi connectivity index (χ1v) is 10.4. The molecule has 3 rings (SSSR count). The van der Waals surface area contributed by atoms with Crippen molar-refractivity contribution in [2.75, 3.05) is 18.1 Å². The zero-order valence-electron chi connectivity index (χ0n) is 18.3. The topological polar surface area (TPSA) is 47.5 Å². The molecule has 0 unspecified atom stereocenters. The summed E-state index contributed by atoms with van der Waals surface area (Å²) in [5.41, 5.74) is 0.465. The van der Waals surface area contributed by atoms with Crippen LogP contribution in [0.1, 0.15) is 31.9 Å². The highest BCUT2D eigenvalue weighted by molar-refractivity contribution is 5.64. The molecule has 0 aliphatic rings. The van der Waals surface area contributed by atoms with E-state index in [1.807, 2.05) is 44.2 Å². The van der Waals surface area contributed by atoms with Crippen molar-refractivity contribution in [2.45, 2.75) is 33.6 Å². The van der Waals surface area contributed by atoms with Crippen molar-refractivity contribution < 1.29 is 22.6 Å². The van der Waals surface area contributed by atoms with Gasteiger partial charge >= 0.3 is 12.2 Å². The van der Waals surface area contributed by atoms with Crippen LogP contribution in [0.15, 0.2) is 60.8 Å². The summed E-state index contributed by atoms with van der Waals surface area (Å²) in [7, 11) is 0. The van der Waals surface area contributed by atoms with Gasteiger partial charge in [-0.05, 0) is 30.5 Å². The molecule has 0 radical (unpaired) electrons. The summed E-state index contributed by atoms with van der Waals surface area (Å²) in [6, 6.07) is 16.1. The Kier molecular flexibility index (Phi) is 7.56. The lowest BCUT2D eigenvalue weighted by Gasteiger charge is -2.26. The van der Waals surface area contributed by atoms with E-state index in [4.69, 9.17) is 9.47 Å². The molecular formula is C24H26F3N3O2.